The SMILES string of the molecule is CCCNCc1ncoc1C(C(F)(F)F)C(F)(F)F. The second-order valence-corrected chi connectivity index (χ2v) is 3.86. The van der Waals surface area contributed by atoms with Crippen molar-refractivity contribution in [2.45, 2.75) is 38.2 Å². The molecule has 1 N–H and O–H groups in total. The Morgan fingerprint density at radius 2 is 1.79 bits per heavy atom. The van der Waals surface area contributed by atoms with Crippen LogP contribution in [0.2, 0.25) is 0 Å². The molecule has 0 unspecified atom stereocenters. The zero-order valence-corrected chi connectivity index (χ0v) is 9.90. The fourth-order valence-electron chi connectivity index (χ4n) is 1.51. The van der Waals surface area contributed by atoms with Gasteiger partial charge in [0.2, 0.25) is 5.92 Å². The van der Waals surface area contributed by atoms with E-state index in [2.05, 4.69) is 14.7 Å². The topological polar surface area (TPSA) is 38.1 Å². The molecule has 0 saturated heterocycles. The Kier molecular flexibility index (Phi) is 4.83. The number of aromatic nitrogens is 1. The molecule has 19 heavy (non-hydrogen) atoms. The molecule has 1 heterocycles. The minimum Gasteiger partial charge on any atom is -0.447 e. The van der Waals surface area contributed by atoms with Crippen molar-refractivity contribution >= 4 is 0 Å². The quantitative estimate of drug-likeness (QED) is 0.667. The van der Waals surface area contributed by atoms with Crippen LogP contribution in [0.4, 0.5) is 26.3 Å². The third-order valence-corrected chi connectivity index (χ3v) is 2.31. The van der Waals surface area contributed by atoms with E-state index in [0.29, 0.717) is 19.4 Å². The molecule has 0 atom stereocenters. The van der Waals surface area contributed by atoms with Gasteiger partial charge in [-0.1, -0.05) is 6.92 Å². The normalized spacial score (nSPS) is 13.3. The van der Waals surface area contributed by atoms with E-state index in [1.807, 2.05) is 6.92 Å². The van der Waals surface area contributed by atoms with Crippen LogP contribution in [0.5, 0.6) is 0 Å². The second-order valence-electron chi connectivity index (χ2n) is 3.86. The molecule has 1 aromatic rings. The molecule has 0 aromatic carbocycles. The molecule has 1 rings (SSSR count). The predicted octanol–water partition coefficient (Wildman–Crippen LogP) is 3.38. The third kappa shape index (κ3) is 4.12. The molecule has 0 aliphatic carbocycles. The van der Waals surface area contributed by atoms with Gasteiger partial charge < -0.3 is 9.73 Å². The Morgan fingerprint density at radius 3 is 2.26 bits per heavy atom. The third-order valence-electron chi connectivity index (χ3n) is 2.31. The molecule has 110 valence electrons. The second kappa shape index (κ2) is 5.81. The van der Waals surface area contributed by atoms with E-state index < -0.39 is 24.0 Å². The van der Waals surface area contributed by atoms with E-state index in [0.717, 1.165) is 0 Å². The van der Waals surface area contributed by atoms with Gasteiger partial charge in [0.25, 0.3) is 0 Å². The monoisotopic (exact) mass is 290 g/mol. The van der Waals surface area contributed by atoms with Crippen LogP contribution in [0.25, 0.3) is 0 Å². The number of nitrogens with zero attached hydrogens (tertiary/aromatic N) is 1. The van der Waals surface area contributed by atoms with Crippen molar-refractivity contribution < 1.29 is 30.8 Å². The zero-order chi connectivity index (χ0) is 14.7. The number of oxazole rings is 1. The lowest BCUT2D eigenvalue weighted by Crippen LogP contribution is -2.35. The Morgan fingerprint density at radius 1 is 1.21 bits per heavy atom. The molecule has 0 spiro atoms. The lowest BCUT2D eigenvalue weighted by Gasteiger charge is -2.21. The van der Waals surface area contributed by atoms with Gasteiger partial charge in [-0.2, -0.15) is 26.3 Å². The van der Waals surface area contributed by atoms with E-state index in [-0.39, 0.29) is 12.2 Å². The molecule has 0 fully saturated rings. The van der Waals surface area contributed by atoms with Crippen LogP contribution < -0.4 is 5.32 Å². The summed E-state index contributed by atoms with van der Waals surface area (Å²) in [5, 5.41) is 2.68. The number of hydrogen-bond donors (Lipinski definition) is 1. The Labute approximate surface area is 105 Å². The maximum Gasteiger partial charge on any atom is 0.407 e. The van der Waals surface area contributed by atoms with E-state index in [9.17, 15) is 26.3 Å². The highest BCUT2D eigenvalue weighted by molar-refractivity contribution is 5.17. The van der Waals surface area contributed by atoms with Gasteiger partial charge in [-0.25, -0.2) is 4.98 Å². The van der Waals surface area contributed by atoms with E-state index >= 15 is 0 Å². The van der Waals surface area contributed by atoms with Crippen molar-refractivity contribution in [2.24, 2.45) is 0 Å². The number of rotatable bonds is 5. The Balaban J connectivity index is 3.01. The minimum absolute atomic E-state index is 0.206. The van der Waals surface area contributed by atoms with E-state index in [1.165, 1.54) is 0 Å². The van der Waals surface area contributed by atoms with Gasteiger partial charge in [0.15, 0.2) is 6.39 Å². The fourth-order valence-corrected chi connectivity index (χ4v) is 1.51. The van der Waals surface area contributed by atoms with Gasteiger partial charge in [0.05, 0.1) is 5.69 Å². The van der Waals surface area contributed by atoms with Gasteiger partial charge in [0, 0.05) is 6.54 Å². The summed E-state index contributed by atoms with van der Waals surface area (Å²) in [5.41, 5.74) is -0.381. The first-order valence-corrected chi connectivity index (χ1v) is 5.44. The van der Waals surface area contributed by atoms with Crippen molar-refractivity contribution in [1.82, 2.24) is 10.3 Å². The first kappa shape index (κ1) is 15.8. The van der Waals surface area contributed by atoms with Crippen LogP contribution in [0.1, 0.15) is 30.7 Å². The first-order valence-electron chi connectivity index (χ1n) is 5.44. The molecule has 9 heteroatoms. The van der Waals surface area contributed by atoms with Crippen LogP contribution in [-0.4, -0.2) is 23.9 Å². The molecule has 0 saturated carbocycles. The number of nitrogens with one attached hydrogen (secondary N) is 1. The van der Waals surface area contributed by atoms with Crippen LogP contribution >= 0.6 is 0 Å². The van der Waals surface area contributed by atoms with Gasteiger partial charge in [-0.15, -0.1) is 0 Å². The van der Waals surface area contributed by atoms with Gasteiger partial charge in [-0.3, -0.25) is 0 Å². The highest BCUT2D eigenvalue weighted by Gasteiger charge is 2.60. The van der Waals surface area contributed by atoms with E-state index in [1.54, 1.807) is 0 Å². The molecule has 0 bridgehead atoms. The minimum atomic E-state index is -5.47. The summed E-state index contributed by atoms with van der Waals surface area (Å²) in [5.74, 6) is -4.86. The summed E-state index contributed by atoms with van der Waals surface area (Å²) in [6, 6.07) is 0. The first-order chi connectivity index (χ1) is 8.68. The average molecular weight is 290 g/mol. The molecule has 3 nitrogen and oxygen atoms in total. The van der Waals surface area contributed by atoms with Crippen LogP contribution in [0, 0.1) is 0 Å². The fraction of sp³-hybridized carbons (Fsp3) is 0.700. The molecule has 0 radical (unpaired) electrons. The molecule has 0 amide bonds. The lowest BCUT2D eigenvalue weighted by molar-refractivity contribution is -0.257. The average Bonchev–Trinajstić information content (AvgIpc) is 2.62. The molecular formula is C10H12F6N2O. The Bertz CT molecular complexity index is 383. The van der Waals surface area contributed by atoms with Gasteiger partial charge in [0.1, 0.15) is 5.76 Å². The number of hydrogen-bond acceptors (Lipinski definition) is 3. The highest BCUT2D eigenvalue weighted by atomic mass is 19.4. The largest absolute Gasteiger partial charge is 0.447 e. The summed E-state index contributed by atoms with van der Waals surface area (Å²) in [6.45, 7) is 2.06. The van der Waals surface area contributed by atoms with Crippen LogP contribution in [0.15, 0.2) is 10.8 Å². The van der Waals surface area contributed by atoms with Crippen molar-refractivity contribution in [3.05, 3.63) is 17.8 Å². The van der Waals surface area contributed by atoms with Crippen molar-refractivity contribution in [3.8, 4) is 0 Å². The van der Waals surface area contributed by atoms with Crippen LogP contribution in [-0.2, 0) is 6.54 Å². The molecule has 0 aliphatic heterocycles. The molecule has 0 aliphatic rings. The maximum atomic E-state index is 12.5. The zero-order valence-electron chi connectivity index (χ0n) is 9.90. The lowest BCUT2D eigenvalue weighted by atomic mass is 10.0. The summed E-state index contributed by atoms with van der Waals surface area (Å²) >= 11 is 0. The van der Waals surface area contributed by atoms with Crippen molar-refractivity contribution in [2.75, 3.05) is 6.54 Å². The number of halogens is 6. The standard InChI is InChI=1S/C10H12F6N2O/c1-2-3-17-4-6-7(19-5-18-6)8(9(11,12)13)10(14,15)16/h5,8,17H,2-4H2,1H3. The summed E-state index contributed by atoms with van der Waals surface area (Å²) in [6.07, 6.45) is -9.67. The number of alkyl halides is 6. The van der Waals surface area contributed by atoms with Gasteiger partial charge >= 0.3 is 12.4 Å². The maximum absolute atomic E-state index is 12.5. The summed E-state index contributed by atoms with van der Waals surface area (Å²) < 4.78 is 79.4. The summed E-state index contributed by atoms with van der Waals surface area (Å²) in [4.78, 5) is 3.41. The van der Waals surface area contributed by atoms with E-state index in [4.69, 9.17) is 0 Å². The highest BCUT2D eigenvalue weighted by Crippen LogP contribution is 2.47. The van der Waals surface area contributed by atoms with Crippen molar-refractivity contribution in [1.29, 1.82) is 0 Å². The van der Waals surface area contributed by atoms with Crippen LogP contribution in [0.3, 0.4) is 0 Å². The van der Waals surface area contributed by atoms with Gasteiger partial charge in [-0.05, 0) is 13.0 Å². The predicted molar refractivity (Wildman–Crippen MR) is 53.4 cm³/mol. The Hall–Kier alpha value is -1.25. The molecule has 1 aromatic heterocycles. The van der Waals surface area contributed by atoms with Crippen molar-refractivity contribution in [3.63, 3.8) is 0 Å². The smallest absolute Gasteiger partial charge is 0.407 e. The summed E-state index contributed by atoms with van der Waals surface area (Å²) in [7, 11) is 0. The molecular weight excluding hydrogens is 278 g/mol.